The van der Waals surface area contributed by atoms with Crippen molar-refractivity contribution in [1.82, 2.24) is 19.8 Å². The third-order valence-corrected chi connectivity index (χ3v) is 6.25. The van der Waals surface area contributed by atoms with Gasteiger partial charge in [-0.05, 0) is 43.4 Å². The molecule has 30 heavy (non-hydrogen) atoms. The molecule has 3 aromatic rings. The summed E-state index contributed by atoms with van der Waals surface area (Å²) >= 11 is 0. The number of piperazine rings is 1. The molecule has 0 spiro atoms. The Morgan fingerprint density at radius 2 is 1.80 bits per heavy atom. The maximum Gasteiger partial charge on any atom is 0.327 e. The van der Waals surface area contributed by atoms with Gasteiger partial charge in [0.15, 0.2) is 0 Å². The third kappa shape index (κ3) is 4.05. The van der Waals surface area contributed by atoms with Crippen molar-refractivity contribution in [2.24, 2.45) is 0 Å². The maximum atomic E-state index is 12.7. The maximum absolute atomic E-state index is 12.7. The zero-order valence-corrected chi connectivity index (χ0v) is 17.3. The van der Waals surface area contributed by atoms with E-state index in [2.05, 4.69) is 50.4 Å². The minimum Gasteiger partial charge on any atom is -0.367 e. The number of aryl methyl sites for hydroxylation is 1. The molecule has 2 aliphatic rings. The van der Waals surface area contributed by atoms with E-state index in [4.69, 9.17) is 0 Å². The average Bonchev–Trinajstić information content (AvgIpc) is 3.55. The number of amides is 1. The number of para-hydroxylation sites is 1. The number of carbonyl (C=O) groups is 1. The second kappa shape index (κ2) is 8.48. The van der Waals surface area contributed by atoms with Gasteiger partial charge < -0.3 is 10.2 Å². The van der Waals surface area contributed by atoms with E-state index < -0.39 is 0 Å². The Balaban J connectivity index is 1.22. The molecule has 156 valence electrons. The van der Waals surface area contributed by atoms with E-state index in [-0.39, 0.29) is 6.03 Å². The van der Waals surface area contributed by atoms with Crippen molar-refractivity contribution in [2.75, 3.05) is 37.6 Å². The lowest BCUT2D eigenvalue weighted by Crippen LogP contribution is -2.47. The molecule has 0 unspecified atom stereocenters. The number of nitrogens with zero attached hydrogens (tertiary/aromatic N) is 4. The van der Waals surface area contributed by atoms with Crippen LogP contribution < -0.4 is 10.2 Å². The average molecular weight is 404 g/mol. The van der Waals surface area contributed by atoms with E-state index in [0.717, 1.165) is 61.8 Å². The normalized spacial score (nSPS) is 17.4. The number of fused-ring (bicyclic) bond motifs is 1. The van der Waals surface area contributed by atoms with E-state index in [1.807, 2.05) is 18.2 Å². The number of rotatable bonds is 6. The molecule has 1 saturated heterocycles. The lowest BCUT2D eigenvalue weighted by atomic mass is 10.1. The molecule has 1 N–H and O–H groups in total. The molecule has 0 atom stereocenters. The van der Waals surface area contributed by atoms with E-state index in [1.54, 1.807) is 10.9 Å². The monoisotopic (exact) mass is 403 g/mol. The van der Waals surface area contributed by atoms with Gasteiger partial charge in [0.05, 0.1) is 11.2 Å². The van der Waals surface area contributed by atoms with Crippen LogP contribution >= 0.6 is 0 Å². The van der Waals surface area contributed by atoms with Crippen LogP contribution in [0.3, 0.4) is 0 Å². The molecule has 1 aromatic heterocycles. The summed E-state index contributed by atoms with van der Waals surface area (Å²) in [6.45, 7) is 4.92. The van der Waals surface area contributed by atoms with Crippen LogP contribution in [-0.4, -0.2) is 59.2 Å². The first-order chi connectivity index (χ1) is 14.8. The Kier molecular flexibility index (Phi) is 5.41. The highest BCUT2D eigenvalue weighted by Crippen LogP contribution is 2.30. The second-order valence-corrected chi connectivity index (χ2v) is 8.33. The quantitative estimate of drug-likeness (QED) is 0.640. The number of imidazole rings is 1. The van der Waals surface area contributed by atoms with Gasteiger partial charge in [-0.1, -0.05) is 36.4 Å². The first-order valence-electron chi connectivity index (χ1n) is 11.1. The highest BCUT2D eigenvalue weighted by atomic mass is 16.2. The van der Waals surface area contributed by atoms with Gasteiger partial charge in [-0.3, -0.25) is 9.47 Å². The fraction of sp³-hybridized carbons (Fsp3) is 0.417. The predicted molar refractivity (Wildman–Crippen MR) is 120 cm³/mol. The number of hydrogen-bond acceptors (Lipinski definition) is 4. The van der Waals surface area contributed by atoms with Crippen molar-refractivity contribution in [3.05, 3.63) is 60.4 Å². The zero-order valence-electron chi connectivity index (χ0n) is 17.3. The molecule has 2 fully saturated rings. The zero-order chi connectivity index (χ0) is 20.3. The van der Waals surface area contributed by atoms with Gasteiger partial charge in [0.25, 0.3) is 0 Å². The van der Waals surface area contributed by atoms with E-state index in [9.17, 15) is 4.79 Å². The number of aromatic nitrogens is 2. The number of anilines is 1. The molecule has 1 aliphatic carbocycles. The Bertz CT molecular complexity index is 1000. The molecule has 2 heterocycles. The summed E-state index contributed by atoms with van der Waals surface area (Å²) in [5, 5.41) is 3.04. The highest BCUT2D eigenvalue weighted by Gasteiger charge is 2.31. The fourth-order valence-electron chi connectivity index (χ4n) is 4.43. The smallest absolute Gasteiger partial charge is 0.327 e. The Morgan fingerprint density at radius 1 is 1.00 bits per heavy atom. The summed E-state index contributed by atoms with van der Waals surface area (Å²) in [6.07, 6.45) is 6.25. The molecule has 0 bridgehead atoms. The molecule has 1 saturated carbocycles. The molecular weight excluding hydrogens is 374 g/mol. The SMILES string of the molecule is O=C(NCCCc1ccccc1)n1cnc2c(N3CCN(C4CC4)CC3)cccc21. The molecular formula is C24H29N5O. The van der Waals surface area contributed by atoms with Crippen LogP contribution in [0.4, 0.5) is 10.5 Å². The molecule has 0 radical (unpaired) electrons. The van der Waals surface area contributed by atoms with Gasteiger partial charge in [0.1, 0.15) is 11.8 Å². The van der Waals surface area contributed by atoms with Gasteiger partial charge in [-0.2, -0.15) is 0 Å². The summed E-state index contributed by atoms with van der Waals surface area (Å²) in [5.41, 5.74) is 4.22. The van der Waals surface area contributed by atoms with E-state index in [0.29, 0.717) is 6.54 Å². The van der Waals surface area contributed by atoms with Gasteiger partial charge in [0.2, 0.25) is 0 Å². The summed E-state index contributed by atoms with van der Waals surface area (Å²) in [5.74, 6) is 0. The fourth-order valence-corrected chi connectivity index (χ4v) is 4.43. The first-order valence-corrected chi connectivity index (χ1v) is 11.1. The molecule has 1 aliphatic heterocycles. The molecule has 6 nitrogen and oxygen atoms in total. The predicted octanol–water partition coefficient (Wildman–Crippen LogP) is 3.51. The number of benzene rings is 2. The summed E-state index contributed by atoms with van der Waals surface area (Å²) < 4.78 is 1.64. The Labute approximate surface area is 177 Å². The van der Waals surface area contributed by atoms with Crippen LogP contribution in [0.25, 0.3) is 11.0 Å². The highest BCUT2D eigenvalue weighted by molar-refractivity contribution is 5.95. The van der Waals surface area contributed by atoms with Gasteiger partial charge in [0, 0.05) is 38.8 Å². The van der Waals surface area contributed by atoms with Crippen molar-refractivity contribution in [3.63, 3.8) is 0 Å². The molecule has 6 heteroatoms. The molecule has 2 aromatic carbocycles. The number of nitrogens with one attached hydrogen (secondary N) is 1. The minimum atomic E-state index is -0.110. The van der Waals surface area contributed by atoms with Crippen molar-refractivity contribution in [1.29, 1.82) is 0 Å². The lowest BCUT2D eigenvalue weighted by Gasteiger charge is -2.36. The summed E-state index contributed by atoms with van der Waals surface area (Å²) in [7, 11) is 0. The van der Waals surface area contributed by atoms with Crippen LogP contribution in [0, 0.1) is 0 Å². The van der Waals surface area contributed by atoms with Crippen molar-refractivity contribution in [2.45, 2.75) is 31.7 Å². The van der Waals surface area contributed by atoms with Crippen molar-refractivity contribution >= 4 is 22.8 Å². The third-order valence-electron chi connectivity index (χ3n) is 6.25. The number of hydrogen-bond donors (Lipinski definition) is 1. The lowest BCUT2D eigenvalue weighted by molar-refractivity contribution is 0.243. The molecule has 5 rings (SSSR count). The van der Waals surface area contributed by atoms with Gasteiger partial charge >= 0.3 is 6.03 Å². The van der Waals surface area contributed by atoms with Gasteiger partial charge in [-0.15, -0.1) is 0 Å². The van der Waals surface area contributed by atoms with Crippen molar-refractivity contribution in [3.8, 4) is 0 Å². The molecule has 1 amide bonds. The van der Waals surface area contributed by atoms with Crippen LogP contribution in [0.5, 0.6) is 0 Å². The van der Waals surface area contributed by atoms with E-state index in [1.165, 1.54) is 18.4 Å². The summed E-state index contributed by atoms with van der Waals surface area (Å²) in [4.78, 5) is 22.4. The summed E-state index contributed by atoms with van der Waals surface area (Å²) in [6, 6.07) is 17.2. The van der Waals surface area contributed by atoms with Crippen LogP contribution in [0.1, 0.15) is 24.8 Å². The largest absolute Gasteiger partial charge is 0.367 e. The van der Waals surface area contributed by atoms with Crippen LogP contribution in [0.2, 0.25) is 0 Å². The topological polar surface area (TPSA) is 53.4 Å². The Morgan fingerprint density at radius 3 is 2.57 bits per heavy atom. The standard InChI is InChI=1S/C24H29N5O/c30-24(25-13-5-8-19-6-2-1-3-7-19)29-18-26-23-21(9-4-10-22(23)29)28-16-14-27(15-17-28)20-11-12-20/h1-4,6-7,9-10,18,20H,5,8,11-17H2,(H,25,30). The number of carbonyl (C=O) groups excluding carboxylic acids is 1. The minimum absolute atomic E-state index is 0.110. The van der Waals surface area contributed by atoms with Crippen LogP contribution in [-0.2, 0) is 6.42 Å². The van der Waals surface area contributed by atoms with Gasteiger partial charge in [-0.25, -0.2) is 9.78 Å². The van der Waals surface area contributed by atoms with Crippen molar-refractivity contribution < 1.29 is 4.79 Å². The first kappa shape index (κ1) is 19.1. The Hall–Kier alpha value is -2.86. The van der Waals surface area contributed by atoms with E-state index >= 15 is 0 Å². The van der Waals surface area contributed by atoms with Crippen LogP contribution in [0.15, 0.2) is 54.9 Å². The second-order valence-electron chi connectivity index (χ2n) is 8.33.